The fourth-order valence-corrected chi connectivity index (χ4v) is 3.92. The lowest BCUT2D eigenvalue weighted by molar-refractivity contribution is -0.384. The van der Waals surface area contributed by atoms with Crippen molar-refractivity contribution in [1.82, 2.24) is 0 Å². The van der Waals surface area contributed by atoms with Crippen LogP contribution in [-0.4, -0.2) is 27.8 Å². The minimum Gasteiger partial charge on any atom is -0.258 e. The van der Waals surface area contributed by atoms with E-state index in [2.05, 4.69) is 15.0 Å². The van der Waals surface area contributed by atoms with Gasteiger partial charge in [0.05, 0.1) is 50.6 Å². The molecule has 156 valence electrons. The van der Waals surface area contributed by atoms with Gasteiger partial charge in [-0.05, 0) is 72.4 Å². The van der Waals surface area contributed by atoms with E-state index in [9.17, 15) is 10.1 Å². The van der Waals surface area contributed by atoms with E-state index in [0.29, 0.717) is 11.4 Å². The quantitative estimate of drug-likeness (QED) is 0.488. The number of non-ortho nitro benzene ring substituents is 1. The molecule has 5 heterocycles. The molecular weight excluding hydrogens is 414 g/mol. The van der Waals surface area contributed by atoms with E-state index >= 15 is 0 Å². The lowest BCUT2D eigenvalue weighted by atomic mass is 10.0. The van der Waals surface area contributed by atoms with Crippen LogP contribution in [0.25, 0.3) is 5.57 Å². The lowest BCUT2D eigenvalue weighted by Crippen LogP contribution is -1.93. The van der Waals surface area contributed by atoms with Gasteiger partial charge in [0.2, 0.25) is 0 Å². The van der Waals surface area contributed by atoms with Crippen LogP contribution in [-0.2, 0) is 0 Å². The number of hydrogen-bond donors (Lipinski definition) is 0. The van der Waals surface area contributed by atoms with Crippen LogP contribution in [0.5, 0.6) is 0 Å². The number of hydrogen-bond acceptors (Lipinski definition) is 6. The Labute approximate surface area is 188 Å². The zero-order chi connectivity index (χ0) is 22.4. The van der Waals surface area contributed by atoms with Crippen molar-refractivity contribution >= 4 is 34.1 Å². The number of allylic oxidation sites excluding steroid dienone is 12. The van der Waals surface area contributed by atoms with Crippen LogP contribution in [0.3, 0.4) is 0 Å². The van der Waals surface area contributed by atoms with Gasteiger partial charge in [0.25, 0.3) is 5.69 Å². The molecule has 5 aliphatic rings. The lowest BCUT2D eigenvalue weighted by Gasteiger charge is -2.04. The maximum atomic E-state index is 11.3. The van der Waals surface area contributed by atoms with Gasteiger partial charge >= 0.3 is 0 Å². The summed E-state index contributed by atoms with van der Waals surface area (Å²) in [4.78, 5) is 29.6. The summed E-state index contributed by atoms with van der Waals surface area (Å²) in [5, 5.41) is 11.3. The Morgan fingerprint density at radius 3 is 1.82 bits per heavy atom. The van der Waals surface area contributed by atoms with Crippen LogP contribution in [0.4, 0.5) is 5.69 Å². The Bertz CT molecular complexity index is 1510. The summed E-state index contributed by atoms with van der Waals surface area (Å²) in [6.07, 6.45) is 21.1. The molecule has 6 rings (SSSR count). The number of nitro groups is 1. The summed E-state index contributed by atoms with van der Waals surface area (Å²) in [7, 11) is 0. The van der Waals surface area contributed by atoms with Gasteiger partial charge in [-0.3, -0.25) is 10.1 Å². The Morgan fingerprint density at radius 2 is 1.21 bits per heavy atom. The predicted octanol–water partition coefficient (Wildman–Crippen LogP) is 5.01. The van der Waals surface area contributed by atoms with E-state index in [1.54, 1.807) is 12.1 Å². The van der Waals surface area contributed by atoms with Crippen molar-refractivity contribution in [3.8, 4) is 0 Å². The van der Waals surface area contributed by atoms with Gasteiger partial charge in [-0.15, -0.1) is 0 Å². The molecule has 33 heavy (non-hydrogen) atoms. The van der Waals surface area contributed by atoms with Gasteiger partial charge in [0, 0.05) is 17.7 Å². The first-order chi connectivity index (χ1) is 16.1. The minimum atomic E-state index is -0.395. The molecule has 5 aliphatic heterocycles. The Morgan fingerprint density at radius 1 is 0.636 bits per heavy atom. The molecule has 0 aromatic heterocycles. The second kappa shape index (κ2) is 7.42. The fourth-order valence-electron chi connectivity index (χ4n) is 3.92. The second-order valence-electron chi connectivity index (χ2n) is 7.75. The number of nitro benzene ring substituents is 1. The summed E-state index contributed by atoms with van der Waals surface area (Å²) >= 11 is 0. The minimum absolute atomic E-state index is 0.0335. The van der Waals surface area contributed by atoms with E-state index in [4.69, 9.17) is 4.99 Å². The number of nitrogens with zero attached hydrogens (tertiary/aromatic N) is 5. The first kappa shape index (κ1) is 18.9. The Kier molecular flexibility index (Phi) is 4.26. The van der Waals surface area contributed by atoms with Crippen molar-refractivity contribution < 1.29 is 4.92 Å². The highest BCUT2D eigenvalue weighted by atomic mass is 16.6. The van der Waals surface area contributed by atoms with Gasteiger partial charge in [0.1, 0.15) is 0 Å². The third-order valence-electron chi connectivity index (χ3n) is 5.41. The maximum Gasteiger partial charge on any atom is 0.270 e. The topological polar surface area (TPSA) is 92.6 Å². The summed E-state index contributed by atoms with van der Waals surface area (Å²) in [6.45, 7) is 0. The van der Waals surface area contributed by atoms with Crippen molar-refractivity contribution in [2.24, 2.45) is 20.0 Å². The average Bonchev–Trinajstić information content (AvgIpc) is 3.59. The summed E-state index contributed by atoms with van der Waals surface area (Å²) in [5.74, 6) is 0. The molecule has 0 saturated carbocycles. The highest BCUT2D eigenvalue weighted by Gasteiger charge is 2.19. The molecule has 1 aromatic carbocycles. The number of fused-ring (bicyclic) bond motifs is 4. The Hall–Kier alpha value is -4.78. The van der Waals surface area contributed by atoms with Crippen molar-refractivity contribution in [2.75, 3.05) is 0 Å². The number of rotatable bonds is 2. The van der Waals surface area contributed by atoms with Crippen LogP contribution in [0, 0.1) is 10.1 Å². The molecule has 8 bridgehead atoms. The van der Waals surface area contributed by atoms with E-state index in [0.717, 1.165) is 45.4 Å². The van der Waals surface area contributed by atoms with Crippen molar-refractivity contribution in [3.05, 3.63) is 130 Å². The molecule has 0 atom stereocenters. The van der Waals surface area contributed by atoms with E-state index in [1.807, 2.05) is 72.9 Å². The van der Waals surface area contributed by atoms with Crippen molar-refractivity contribution in [1.29, 1.82) is 0 Å². The van der Waals surface area contributed by atoms with Crippen LogP contribution >= 0.6 is 0 Å². The summed E-state index contributed by atoms with van der Waals surface area (Å²) in [5.41, 5.74) is 7.72. The normalized spacial score (nSPS) is 19.8. The summed E-state index contributed by atoms with van der Waals surface area (Å²) < 4.78 is 0. The van der Waals surface area contributed by atoms with Crippen LogP contribution < -0.4 is 0 Å². The van der Waals surface area contributed by atoms with Gasteiger partial charge in [0.15, 0.2) is 0 Å². The van der Waals surface area contributed by atoms with Gasteiger partial charge in [-0.1, -0.05) is 12.1 Å². The van der Waals surface area contributed by atoms with Gasteiger partial charge in [-0.25, -0.2) is 20.0 Å². The summed E-state index contributed by atoms with van der Waals surface area (Å²) in [6, 6.07) is 6.56. The molecular formula is C26H15N5O2. The molecule has 0 unspecified atom stereocenters. The molecule has 0 aliphatic carbocycles. The SMILES string of the molecule is O=[N+]([O-])c1cccc(C2=CC3=NC2=CC2=NC(=CC4=NC(=CC5=NC(=C3)C=C5)C=C4)C=C2)c1. The zero-order valence-corrected chi connectivity index (χ0v) is 17.2. The molecule has 7 nitrogen and oxygen atoms in total. The molecule has 0 N–H and O–H groups in total. The average molecular weight is 429 g/mol. The molecule has 0 saturated heterocycles. The van der Waals surface area contributed by atoms with Crippen molar-refractivity contribution in [2.45, 2.75) is 0 Å². The molecule has 0 radical (unpaired) electrons. The van der Waals surface area contributed by atoms with E-state index in [-0.39, 0.29) is 5.69 Å². The van der Waals surface area contributed by atoms with Crippen LogP contribution in [0.1, 0.15) is 5.56 Å². The van der Waals surface area contributed by atoms with Crippen LogP contribution in [0.15, 0.2) is 134 Å². The maximum absolute atomic E-state index is 11.3. The standard InChI is InChI=1S/C26H15N5O2/c32-31(33)24-3-1-2-16(10-24)25-14-23-13-21-7-6-19(28-21)11-17-4-5-18(27-17)12-20-8-9-22(29-20)15-26(25)30-23/h1-15H. The highest BCUT2D eigenvalue weighted by Crippen LogP contribution is 2.32. The molecule has 1 aromatic rings. The molecule has 7 heteroatoms. The highest BCUT2D eigenvalue weighted by molar-refractivity contribution is 6.19. The van der Waals surface area contributed by atoms with Gasteiger partial charge < -0.3 is 0 Å². The number of aliphatic imine (C=N–C) groups is 4. The molecule has 0 amide bonds. The van der Waals surface area contributed by atoms with Gasteiger partial charge in [-0.2, -0.15) is 0 Å². The largest absolute Gasteiger partial charge is 0.270 e. The third kappa shape index (κ3) is 3.72. The third-order valence-corrected chi connectivity index (χ3v) is 5.41. The fraction of sp³-hybridized carbons (Fsp3) is 0. The Balaban J connectivity index is 1.50. The first-order valence-electron chi connectivity index (χ1n) is 10.3. The molecule has 0 fully saturated rings. The van der Waals surface area contributed by atoms with E-state index < -0.39 is 4.92 Å². The van der Waals surface area contributed by atoms with Crippen molar-refractivity contribution in [3.63, 3.8) is 0 Å². The number of benzene rings is 1. The monoisotopic (exact) mass is 429 g/mol. The van der Waals surface area contributed by atoms with Crippen LogP contribution in [0.2, 0.25) is 0 Å². The zero-order valence-electron chi connectivity index (χ0n) is 17.2. The first-order valence-corrected chi connectivity index (χ1v) is 10.3. The molecule has 0 spiro atoms. The predicted molar refractivity (Wildman–Crippen MR) is 131 cm³/mol. The second-order valence-corrected chi connectivity index (χ2v) is 7.75. The van der Waals surface area contributed by atoms with E-state index in [1.165, 1.54) is 6.07 Å². The smallest absolute Gasteiger partial charge is 0.258 e.